The highest BCUT2D eigenvalue weighted by Gasteiger charge is 2.34. The van der Waals surface area contributed by atoms with Gasteiger partial charge in [-0.25, -0.2) is 0 Å². The maximum Gasteiger partial charge on any atom is 0.191 e. The van der Waals surface area contributed by atoms with E-state index in [0.717, 1.165) is 62.8 Å². The van der Waals surface area contributed by atoms with Gasteiger partial charge in [0.05, 0.1) is 13.2 Å². The predicted molar refractivity (Wildman–Crippen MR) is 113 cm³/mol. The summed E-state index contributed by atoms with van der Waals surface area (Å²) in [5.74, 6) is 1.66. The van der Waals surface area contributed by atoms with Crippen molar-refractivity contribution in [2.75, 3.05) is 60.7 Å². The summed E-state index contributed by atoms with van der Waals surface area (Å²) in [6.45, 7) is 4.81. The average molecular weight is 393 g/mol. The molecule has 1 aliphatic heterocycles. The molecule has 0 amide bonds. The maximum atomic E-state index is 9.34. The van der Waals surface area contributed by atoms with Crippen LogP contribution in [0.4, 0.5) is 0 Å². The van der Waals surface area contributed by atoms with Crippen molar-refractivity contribution in [2.45, 2.75) is 25.8 Å². The zero-order chi connectivity index (χ0) is 20.2. The Hall–Kier alpha value is -1.83. The molecule has 0 aromatic heterocycles. The van der Waals surface area contributed by atoms with E-state index in [9.17, 15) is 5.11 Å². The van der Waals surface area contributed by atoms with Crippen LogP contribution in [-0.4, -0.2) is 76.6 Å². The van der Waals surface area contributed by atoms with Crippen LogP contribution < -0.4 is 15.4 Å². The van der Waals surface area contributed by atoms with Gasteiger partial charge in [-0.1, -0.05) is 12.1 Å². The summed E-state index contributed by atoms with van der Waals surface area (Å²) >= 11 is 0. The molecule has 1 heterocycles. The lowest BCUT2D eigenvalue weighted by molar-refractivity contribution is 0.127. The van der Waals surface area contributed by atoms with Crippen molar-refractivity contribution in [2.24, 2.45) is 10.4 Å². The first-order valence-electron chi connectivity index (χ1n) is 10.1. The number of aliphatic imine (C=N–C) groups is 1. The quantitative estimate of drug-likeness (QED) is 0.301. The molecule has 0 spiro atoms. The molecule has 2 rings (SSSR count). The fourth-order valence-corrected chi connectivity index (χ4v) is 3.26. The third-order valence-corrected chi connectivity index (χ3v) is 5.08. The SMILES string of the molecule is CN=C(NCc1ccc(OCCCN(C)C)cc1)NCC1(CCO)CCOC1. The third-order valence-electron chi connectivity index (χ3n) is 5.08. The topological polar surface area (TPSA) is 78.4 Å². The highest BCUT2D eigenvalue weighted by atomic mass is 16.5. The number of rotatable bonds is 11. The summed E-state index contributed by atoms with van der Waals surface area (Å²) in [4.78, 5) is 6.46. The Balaban J connectivity index is 1.73. The molecule has 0 aliphatic carbocycles. The third kappa shape index (κ3) is 7.66. The Morgan fingerprint density at radius 1 is 1.29 bits per heavy atom. The van der Waals surface area contributed by atoms with Crippen LogP contribution >= 0.6 is 0 Å². The molecule has 1 atom stereocenters. The van der Waals surface area contributed by atoms with Crippen LogP contribution in [0.2, 0.25) is 0 Å². The normalized spacial score (nSPS) is 19.8. The number of hydrogen-bond donors (Lipinski definition) is 3. The number of aliphatic hydroxyl groups is 1. The summed E-state index contributed by atoms with van der Waals surface area (Å²) in [5.41, 5.74) is 1.16. The molecule has 158 valence electrons. The second kappa shape index (κ2) is 11.9. The van der Waals surface area contributed by atoms with Crippen LogP contribution in [0.1, 0.15) is 24.8 Å². The number of nitrogens with one attached hydrogen (secondary N) is 2. The van der Waals surface area contributed by atoms with Gasteiger partial charge >= 0.3 is 0 Å². The van der Waals surface area contributed by atoms with Crippen LogP contribution in [0.25, 0.3) is 0 Å². The number of aliphatic hydroxyl groups excluding tert-OH is 1. The molecule has 1 unspecified atom stereocenters. The molecule has 0 radical (unpaired) electrons. The number of nitrogens with zero attached hydrogens (tertiary/aromatic N) is 2. The summed E-state index contributed by atoms with van der Waals surface area (Å²) < 4.78 is 11.3. The summed E-state index contributed by atoms with van der Waals surface area (Å²) in [6, 6.07) is 8.16. The van der Waals surface area contributed by atoms with Crippen molar-refractivity contribution < 1.29 is 14.6 Å². The molecule has 28 heavy (non-hydrogen) atoms. The summed E-state index contributed by atoms with van der Waals surface area (Å²) in [6.07, 6.45) is 2.72. The Morgan fingerprint density at radius 3 is 2.68 bits per heavy atom. The monoisotopic (exact) mass is 392 g/mol. The second-order valence-corrected chi connectivity index (χ2v) is 7.70. The molecule has 3 N–H and O–H groups in total. The number of benzene rings is 1. The molecular weight excluding hydrogens is 356 g/mol. The van der Waals surface area contributed by atoms with Gasteiger partial charge in [-0.15, -0.1) is 0 Å². The van der Waals surface area contributed by atoms with Crippen LogP contribution in [0, 0.1) is 5.41 Å². The van der Waals surface area contributed by atoms with E-state index in [0.29, 0.717) is 13.2 Å². The molecule has 0 bridgehead atoms. The van der Waals surface area contributed by atoms with Gasteiger partial charge < -0.3 is 30.1 Å². The lowest BCUT2D eigenvalue weighted by atomic mass is 9.84. The predicted octanol–water partition coefficient (Wildman–Crippen LogP) is 1.47. The minimum atomic E-state index is -0.00204. The Labute approximate surface area is 169 Å². The summed E-state index contributed by atoms with van der Waals surface area (Å²) in [7, 11) is 5.90. The second-order valence-electron chi connectivity index (χ2n) is 7.70. The van der Waals surface area contributed by atoms with Crippen LogP contribution in [0.3, 0.4) is 0 Å². The van der Waals surface area contributed by atoms with E-state index >= 15 is 0 Å². The molecule has 7 heteroatoms. The first-order valence-corrected chi connectivity index (χ1v) is 10.1. The molecule has 7 nitrogen and oxygen atoms in total. The largest absolute Gasteiger partial charge is 0.494 e. The minimum Gasteiger partial charge on any atom is -0.494 e. The van der Waals surface area contributed by atoms with Gasteiger partial charge in [-0.2, -0.15) is 0 Å². The fraction of sp³-hybridized carbons (Fsp3) is 0.667. The molecular formula is C21H36N4O3. The van der Waals surface area contributed by atoms with Crippen LogP contribution in [0.15, 0.2) is 29.3 Å². The van der Waals surface area contributed by atoms with Crippen molar-refractivity contribution >= 4 is 5.96 Å². The van der Waals surface area contributed by atoms with E-state index in [1.54, 1.807) is 7.05 Å². The summed E-state index contributed by atoms with van der Waals surface area (Å²) in [5, 5.41) is 16.1. The van der Waals surface area contributed by atoms with Gasteiger partial charge in [-0.3, -0.25) is 4.99 Å². The lowest BCUT2D eigenvalue weighted by Gasteiger charge is -2.27. The molecule has 1 aliphatic rings. The Bertz CT molecular complexity index is 584. The number of guanidine groups is 1. The lowest BCUT2D eigenvalue weighted by Crippen LogP contribution is -2.44. The van der Waals surface area contributed by atoms with Gasteiger partial charge in [0.15, 0.2) is 5.96 Å². The molecule has 1 saturated heterocycles. The van der Waals surface area contributed by atoms with E-state index in [1.807, 2.05) is 12.1 Å². The van der Waals surface area contributed by atoms with Crippen molar-refractivity contribution in [3.8, 4) is 5.75 Å². The molecule has 1 fully saturated rings. The van der Waals surface area contributed by atoms with Crippen molar-refractivity contribution in [3.05, 3.63) is 29.8 Å². The van der Waals surface area contributed by atoms with E-state index in [-0.39, 0.29) is 12.0 Å². The first-order chi connectivity index (χ1) is 13.6. The Morgan fingerprint density at radius 2 is 2.07 bits per heavy atom. The van der Waals surface area contributed by atoms with Crippen molar-refractivity contribution in [1.82, 2.24) is 15.5 Å². The van der Waals surface area contributed by atoms with Crippen LogP contribution in [0.5, 0.6) is 5.75 Å². The van der Waals surface area contributed by atoms with Gasteiger partial charge in [0, 0.05) is 45.3 Å². The van der Waals surface area contributed by atoms with E-state index in [2.05, 4.69) is 46.8 Å². The standard InChI is InChI=1S/C21H36N4O3/c1-22-20(24-16-21(9-12-26)10-14-27-17-21)23-15-18-5-7-19(8-6-18)28-13-4-11-25(2)3/h5-8,26H,4,9-17H2,1-3H3,(H2,22,23,24). The van der Waals surface area contributed by atoms with Gasteiger partial charge in [-0.05, 0) is 51.1 Å². The van der Waals surface area contributed by atoms with E-state index in [4.69, 9.17) is 9.47 Å². The average Bonchev–Trinajstić information content (AvgIpc) is 3.15. The smallest absolute Gasteiger partial charge is 0.191 e. The zero-order valence-corrected chi connectivity index (χ0v) is 17.5. The van der Waals surface area contributed by atoms with Gasteiger partial charge in [0.25, 0.3) is 0 Å². The van der Waals surface area contributed by atoms with Gasteiger partial charge in [0.2, 0.25) is 0 Å². The van der Waals surface area contributed by atoms with Crippen molar-refractivity contribution in [1.29, 1.82) is 0 Å². The molecule has 1 aromatic carbocycles. The molecule has 0 saturated carbocycles. The fourth-order valence-electron chi connectivity index (χ4n) is 3.26. The first kappa shape index (κ1) is 22.5. The highest BCUT2D eigenvalue weighted by molar-refractivity contribution is 5.79. The number of ether oxygens (including phenoxy) is 2. The highest BCUT2D eigenvalue weighted by Crippen LogP contribution is 2.31. The number of hydrogen-bond acceptors (Lipinski definition) is 5. The van der Waals surface area contributed by atoms with Gasteiger partial charge in [0.1, 0.15) is 5.75 Å². The van der Waals surface area contributed by atoms with E-state index < -0.39 is 0 Å². The minimum absolute atomic E-state index is 0.00204. The van der Waals surface area contributed by atoms with Crippen molar-refractivity contribution in [3.63, 3.8) is 0 Å². The van der Waals surface area contributed by atoms with Crippen LogP contribution in [-0.2, 0) is 11.3 Å². The zero-order valence-electron chi connectivity index (χ0n) is 17.5. The maximum absolute atomic E-state index is 9.34. The Kier molecular flexibility index (Phi) is 9.54. The van der Waals surface area contributed by atoms with E-state index in [1.165, 1.54) is 0 Å². The molecule has 1 aromatic rings.